The predicted octanol–water partition coefficient (Wildman–Crippen LogP) is 8.18. The smallest absolute Gasteiger partial charge is 0.312 e. The molecular weight excluding hydrogens is 620 g/mol. The van der Waals surface area contributed by atoms with E-state index >= 15 is 0 Å². The molecule has 4 fully saturated rings. The van der Waals surface area contributed by atoms with Crippen LogP contribution in [0.4, 0.5) is 0 Å². The monoisotopic (exact) mass is 680 g/mol. The summed E-state index contributed by atoms with van der Waals surface area (Å²) in [6, 6.07) is 1.08. The molecule has 5 aliphatic rings. The van der Waals surface area contributed by atoms with E-state index in [0.717, 1.165) is 38.0 Å². The van der Waals surface area contributed by atoms with Gasteiger partial charge in [0.2, 0.25) is 11.2 Å². The molecule has 1 aromatic rings. The van der Waals surface area contributed by atoms with Gasteiger partial charge in [0.1, 0.15) is 24.7 Å². The van der Waals surface area contributed by atoms with E-state index in [0.29, 0.717) is 40.6 Å². The minimum absolute atomic E-state index is 0.0765. The molecule has 272 valence electrons. The Morgan fingerprint density at radius 3 is 2.20 bits per heavy atom. The van der Waals surface area contributed by atoms with Crippen LogP contribution in [-0.2, 0) is 25.7 Å². The number of rotatable bonds is 7. The number of methoxy groups -OCH3 is 1. The predicted molar refractivity (Wildman–Crippen MR) is 187 cm³/mol. The van der Waals surface area contributed by atoms with E-state index in [1.807, 2.05) is 7.11 Å². The minimum atomic E-state index is -0.709. The molecule has 8 nitrogen and oxygen atoms in total. The molecule has 0 radical (unpaired) electrons. The fourth-order valence-corrected chi connectivity index (χ4v) is 12.7. The van der Waals surface area contributed by atoms with E-state index in [1.165, 1.54) is 38.5 Å². The lowest BCUT2D eigenvalue weighted by Gasteiger charge is -2.64. The van der Waals surface area contributed by atoms with E-state index < -0.39 is 24.0 Å². The van der Waals surface area contributed by atoms with Crippen LogP contribution >= 0.6 is 0 Å². The molecule has 0 amide bonds. The third-order valence-corrected chi connectivity index (χ3v) is 15.1. The van der Waals surface area contributed by atoms with Crippen molar-refractivity contribution in [1.82, 2.24) is 0 Å². The van der Waals surface area contributed by atoms with Gasteiger partial charge in [-0.2, -0.15) is 0 Å². The van der Waals surface area contributed by atoms with Gasteiger partial charge in [-0.25, -0.2) is 0 Å². The van der Waals surface area contributed by atoms with Crippen LogP contribution in [0.3, 0.4) is 0 Å². The number of hydrogen-bond acceptors (Lipinski definition) is 8. The van der Waals surface area contributed by atoms with Gasteiger partial charge in [-0.15, -0.1) is 0 Å². The summed E-state index contributed by atoms with van der Waals surface area (Å²) in [6.45, 7) is 16.8. The first-order valence-corrected chi connectivity index (χ1v) is 18.8. The highest BCUT2D eigenvalue weighted by atomic mass is 16.6. The van der Waals surface area contributed by atoms with Crippen molar-refractivity contribution in [3.8, 4) is 5.75 Å². The van der Waals surface area contributed by atoms with Crippen LogP contribution in [0.15, 0.2) is 33.2 Å². The minimum Gasteiger partial charge on any atom is -0.463 e. The second-order valence-corrected chi connectivity index (χ2v) is 18.3. The van der Waals surface area contributed by atoms with E-state index in [9.17, 15) is 14.4 Å². The van der Waals surface area contributed by atoms with Gasteiger partial charge in [-0.05, 0) is 110 Å². The lowest BCUT2D eigenvalue weighted by molar-refractivity contribution is -0.178. The van der Waals surface area contributed by atoms with Crippen molar-refractivity contribution in [1.29, 1.82) is 0 Å². The first-order valence-electron chi connectivity index (χ1n) is 18.8. The molecule has 2 unspecified atom stereocenters. The first-order chi connectivity index (χ1) is 23.0. The third-order valence-electron chi connectivity index (χ3n) is 15.1. The highest BCUT2D eigenvalue weighted by molar-refractivity contribution is 5.79. The molecule has 5 aliphatic carbocycles. The lowest BCUT2D eigenvalue weighted by Crippen LogP contribution is -2.58. The van der Waals surface area contributed by atoms with E-state index in [4.69, 9.17) is 23.7 Å². The average Bonchev–Trinajstić information content (AvgIpc) is 3.19. The molecule has 49 heavy (non-hydrogen) atoms. The summed E-state index contributed by atoms with van der Waals surface area (Å²) >= 11 is 0. The van der Waals surface area contributed by atoms with Crippen LogP contribution in [0, 0.1) is 50.7 Å². The summed E-state index contributed by atoms with van der Waals surface area (Å²) in [5.74, 6) is 0.999. The highest BCUT2D eigenvalue weighted by Gasteiger charge is 2.63. The molecule has 9 atom stereocenters. The summed E-state index contributed by atoms with van der Waals surface area (Å²) in [6.07, 6.45) is 14.9. The molecule has 0 bridgehead atoms. The summed E-state index contributed by atoms with van der Waals surface area (Å²) < 4.78 is 22.4. The van der Waals surface area contributed by atoms with Crippen LogP contribution in [0.1, 0.15) is 131 Å². The van der Waals surface area contributed by atoms with E-state index in [1.54, 1.807) is 5.57 Å². The van der Waals surface area contributed by atoms with Gasteiger partial charge >= 0.3 is 11.9 Å². The largest absolute Gasteiger partial charge is 0.463 e. The van der Waals surface area contributed by atoms with Crippen molar-refractivity contribution < 1.29 is 33.3 Å². The molecule has 0 saturated heterocycles. The topological polar surface area (TPSA) is 112 Å². The SMILES string of the molecule is CO[C@@H]1CC[C@@]2(C)C(CC[C@@]3(C)CC4=CC[C@H]5C(C)(C)[C@H](OC(=O)CCC(=O)Oc6coc(CO)cc6=O)CC[C@]5(C)[C@H]4CCC32)C1(C)C. The Hall–Kier alpha value is -2.45. The fourth-order valence-electron chi connectivity index (χ4n) is 12.7. The number of aliphatic hydroxyl groups excluding tert-OH is 1. The van der Waals surface area contributed by atoms with Crippen LogP contribution in [0.5, 0.6) is 5.75 Å². The van der Waals surface area contributed by atoms with Crippen molar-refractivity contribution >= 4 is 11.9 Å². The third kappa shape index (κ3) is 6.15. The number of carbonyl (C=O) groups excluding carboxylic acids is 2. The standard InChI is InChI=1S/C41H60O8/c1-37(2)31-15-18-39(5)22-25-9-11-30-38(3,4)34(49-36(45)14-13-35(44)48-29-24-47-26(23-42)21-28(29)43)17-19-40(30,6)27(25)10-12-32(39)41(31,7)20-16-33(37)46-8/h9,21,24,27,30-34,42H,10-20,22-23H2,1-8H3/t27-,30-,31?,32?,33+,34+,39-,40+,41-/m0/s1. The Balaban J connectivity index is 1.12. The summed E-state index contributed by atoms with van der Waals surface area (Å²) in [5.41, 5.74) is 1.88. The van der Waals surface area contributed by atoms with Gasteiger partial charge < -0.3 is 23.7 Å². The molecule has 6 rings (SSSR count). The molecule has 8 heteroatoms. The summed E-state index contributed by atoms with van der Waals surface area (Å²) in [5, 5.41) is 9.11. The molecule has 1 aromatic heterocycles. The van der Waals surface area contributed by atoms with Crippen molar-refractivity contribution in [3.05, 3.63) is 40.0 Å². The van der Waals surface area contributed by atoms with Gasteiger partial charge in [0, 0.05) is 18.6 Å². The van der Waals surface area contributed by atoms with E-state index in [2.05, 4.69) is 54.5 Å². The van der Waals surface area contributed by atoms with Gasteiger partial charge in [-0.3, -0.25) is 14.4 Å². The second kappa shape index (κ2) is 13.0. The fraction of sp³-hybridized carbons (Fsp3) is 0.780. The molecule has 0 aliphatic heterocycles. The highest BCUT2D eigenvalue weighted by Crippen LogP contribution is 2.70. The zero-order valence-corrected chi connectivity index (χ0v) is 31.2. The Kier molecular flexibility index (Phi) is 9.61. The maximum absolute atomic E-state index is 13.1. The van der Waals surface area contributed by atoms with Crippen LogP contribution in [0.2, 0.25) is 0 Å². The number of carbonyl (C=O) groups is 2. The Morgan fingerprint density at radius 2 is 1.51 bits per heavy atom. The number of allylic oxidation sites excluding steroid dienone is 2. The Morgan fingerprint density at radius 1 is 0.837 bits per heavy atom. The number of ether oxygens (including phenoxy) is 3. The van der Waals surface area contributed by atoms with Gasteiger partial charge in [-0.1, -0.05) is 60.1 Å². The Labute approximate surface area is 292 Å². The number of fused-ring (bicyclic) bond motifs is 6. The normalized spacial score (nSPS) is 39.2. The number of esters is 2. The maximum Gasteiger partial charge on any atom is 0.312 e. The molecule has 1 N–H and O–H groups in total. The number of aliphatic hydroxyl groups is 1. The second-order valence-electron chi connectivity index (χ2n) is 18.3. The van der Waals surface area contributed by atoms with Crippen molar-refractivity contribution in [2.75, 3.05) is 7.11 Å². The molecule has 1 heterocycles. The van der Waals surface area contributed by atoms with E-state index in [-0.39, 0.29) is 46.7 Å². The lowest BCUT2D eigenvalue weighted by atomic mass is 9.42. The molecular formula is C41H60O8. The zero-order valence-electron chi connectivity index (χ0n) is 31.2. The Bertz CT molecular complexity index is 1520. The summed E-state index contributed by atoms with van der Waals surface area (Å²) in [4.78, 5) is 37.6. The number of hydrogen-bond donors (Lipinski definition) is 1. The average molecular weight is 681 g/mol. The van der Waals surface area contributed by atoms with Crippen molar-refractivity contribution in [2.24, 2.45) is 50.7 Å². The van der Waals surface area contributed by atoms with Crippen molar-refractivity contribution in [3.63, 3.8) is 0 Å². The van der Waals surface area contributed by atoms with Crippen LogP contribution < -0.4 is 10.2 Å². The zero-order chi connectivity index (χ0) is 35.6. The molecule has 4 saturated carbocycles. The first kappa shape index (κ1) is 36.3. The van der Waals surface area contributed by atoms with Crippen molar-refractivity contribution in [2.45, 2.75) is 144 Å². The van der Waals surface area contributed by atoms with Crippen LogP contribution in [-0.4, -0.2) is 36.4 Å². The van der Waals surface area contributed by atoms with Crippen LogP contribution in [0.25, 0.3) is 0 Å². The van der Waals surface area contributed by atoms with Gasteiger partial charge in [0.25, 0.3) is 0 Å². The van der Waals surface area contributed by atoms with Gasteiger partial charge in [0.05, 0.1) is 18.9 Å². The molecule has 0 spiro atoms. The molecule has 0 aromatic carbocycles. The van der Waals surface area contributed by atoms with Gasteiger partial charge in [0.15, 0.2) is 0 Å². The quantitative estimate of drug-likeness (QED) is 0.227. The maximum atomic E-state index is 13.1. The summed E-state index contributed by atoms with van der Waals surface area (Å²) in [7, 11) is 1.90.